The molecule has 3 rings (SSSR count). The van der Waals surface area contributed by atoms with Gasteiger partial charge >= 0.3 is 0 Å². The van der Waals surface area contributed by atoms with E-state index in [0.717, 1.165) is 54.9 Å². The van der Waals surface area contributed by atoms with Crippen molar-refractivity contribution in [1.82, 2.24) is 5.32 Å². The molecular weight excluding hydrogens is 400 g/mol. The number of rotatable bonds is 12. The van der Waals surface area contributed by atoms with Crippen molar-refractivity contribution < 1.29 is 14.3 Å². The van der Waals surface area contributed by atoms with E-state index in [9.17, 15) is 9.59 Å². The second-order valence-corrected chi connectivity index (χ2v) is 8.61. The standard InChI is InChI=1S/C27H36N2O3/c1-4-6-8-9-17-32-23-14-11-22(12-15-23)19-29-25-16-13-21(10-7-5-2)18-24(25)26(27(29)31)28-20(3)30/h11-16,18,26H,4-10,17,19H2,1-3H3,(H,28,30). The highest BCUT2D eigenvalue weighted by Gasteiger charge is 2.37. The molecule has 0 saturated carbocycles. The van der Waals surface area contributed by atoms with Crippen molar-refractivity contribution >= 4 is 17.5 Å². The van der Waals surface area contributed by atoms with Crippen molar-refractivity contribution in [2.24, 2.45) is 0 Å². The first-order valence-corrected chi connectivity index (χ1v) is 12.0. The van der Waals surface area contributed by atoms with Crippen LogP contribution in [-0.4, -0.2) is 18.4 Å². The summed E-state index contributed by atoms with van der Waals surface area (Å²) in [6, 6.07) is 13.5. The molecule has 0 aliphatic carbocycles. The first-order chi connectivity index (χ1) is 15.5. The fourth-order valence-electron chi connectivity index (χ4n) is 4.12. The van der Waals surface area contributed by atoms with E-state index in [0.29, 0.717) is 6.54 Å². The molecule has 5 heteroatoms. The number of fused-ring (bicyclic) bond motifs is 1. The average molecular weight is 437 g/mol. The number of anilines is 1. The van der Waals surface area contributed by atoms with Crippen molar-refractivity contribution in [3.63, 3.8) is 0 Å². The van der Waals surface area contributed by atoms with Gasteiger partial charge in [0.25, 0.3) is 5.91 Å². The van der Waals surface area contributed by atoms with E-state index in [1.165, 1.54) is 31.7 Å². The molecule has 2 aromatic rings. The van der Waals surface area contributed by atoms with E-state index in [2.05, 4.69) is 31.3 Å². The number of hydrogen-bond donors (Lipinski definition) is 1. The minimum Gasteiger partial charge on any atom is -0.494 e. The smallest absolute Gasteiger partial charge is 0.254 e. The van der Waals surface area contributed by atoms with Gasteiger partial charge in [0.1, 0.15) is 11.8 Å². The lowest BCUT2D eigenvalue weighted by Gasteiger charge is -2.18. The van der Waals surface area contributed by atoms with Gasteiger partial charge in [-0.1, -0.05) is 63.8 Å². The first kappa shape index (κ1) is 23.8. The fraction of sp³-hybridized carbons (Fsp3) is 0.481. The number of carbonyl (C=O) groups is 2. The predicted molar refractivity (Wildman–Crippen MR) is 129 cm³/mol. The summed E-state index contributed by atoms with van der Waals surface area (Å²) in [7, 11) is 0. The van der Waals surface area contributed by atoms with Gasteiger partial charge in [0, 0.05) is 18.2 Å². The molecule has 5 nitrogen and oxygen atoms in total. The maximum absolute atomic E-state index is 13.2. The molecule has 1 unspecified atom stereocenters. The van der Waals surface area contributed by atoms with Crippen molar-refractivity contribution in [2.45, 2.75) is 78.3 Å². The third-order valence-electron chi connectivity index (χ3n) is 5.90. The Kier molecular flexibility index (Phi) is 8.72. The van der Waals surface area contributed by atoms with Crippen molar-refractivity contribution in [2.75, 3.05) is 11.5 Å². The molecular formula is C27H36N2O3. The molecule has 1 aliphatic heterocycles. The Bertz CT molecular complexity index is 908. The van der Waals surface area contributed by atoms with Crippen LogP contribution in [0.15, 0.2) is 42.5 Å². The number of hydrogen-bond acceptors (Lipinski definition) is 3. The van der Waals surface area contributed by atoms with Gasteiger partial charge < -0.3 is 15.0 Å². The summed E-state index contributed by atoms with van der Waals surface area (Å²) < 4.78 is 5.83. The third-order valence-corrected chi connectivity index (χ3v) is 5.90. The Morgan fingerprint density at radius 3 is 2.38 bits per heavy atom. The van der Waals surface area contributed by atoms with E-state index in [1.807, 2.05) is 30.3 Å². The van der Waals surface area contributed by atoms with Crippen LogP contribution in [0.2, 0.25) is 0 Å². The minimum absolute atomic E-state index is 0.0842. The quantitative estimate of drug-likeness (QED) is 0.433. The number of benzene rings is 2. The molecule has 1 aliphatic rings. The molecule has 0 radical (unpaired) electrons. The molecule has 0 saturated heterocycles. The monoisotopic (exact) mass is 436 g/mol. The molecule has 0 spiro atoms. The van der Waals surface area contributed by atoms with Crippen molar-refractivity contribution in [1.29, 1.82) is 0 Å². The zero-order chi connectivity index (χ0) is 22.9. The van der Waals surface area contributed by atoms with Gasteiger partial charge in [0.2, 0.25) is 5.91 Å². The summed E-state index contributed by atoms with van der Waals surface area (Å²) in [6.45, 7) is 7.02. The molecule has 172 valence electrons. The number of carbonyl (C=O) groups excluding carboxylic acids is 2. The Morgan fingerprint density at radius 2 is 1.69 bits per heavy atom. The third kappa shape index (κ3) is 6.12. The Labute approximate surface area is 192 Å². The van der Waals surface area contributed by atoms with E-state index in [1.54, 1.807) is 4.90 Å². The van der Waals surface area contributed by atoms with Crippen LogP contribution in [0.1, 0.15) is 82.0 Å². The minimum atomic E-state index is -0.616. The van der Waals surface area contributed by atoms with Crippen LogP contribution < -0.4 is 15.0 Å². The summed E-state index contributed by atoms with van der Waals surface area (Å²) in [5.74, 6) is 0.574. The summed E-state index contributed by atoms with van der Waals surface area (Å²) in [6.07, 6.45) is 7.93. The van der Waals surface area contributed by atoms with Crippen LogP contribution in [0, 0.1) is 0 Å². The SMILES string of the molecule is CCCCCCOc1ccc(CN2C(=O)C(NC(C)=O)c3cc(CCCC)ccc32)cc1. The van der Waals surface area contributed by atoms with E-state index >= 15 is 0 Å². The fourth-order valence-corrected chi connectivity index (χ4v) is 4.12. The first-order valence-electron chi connectivity index (χ1n) is 12.0. The lowest BCUT2D eigenvalue weighted by Crippen LogP contribution is -2.36. The maximum Gasteiger partial charge on any atom is 0.254 e. The van der Waals surface area contributed by atoms with Crippen LogP contribution in [0.4, 0.5) is 5.69 Å². The molecule has 1 N–H and O–H groups in total. The molecule has 2 aromatic carbocycles. The summed E-state index contributed by atoms with van der Waals surface area (Å²) in [5.41, 5.74) is 4.01. The van der Waals surface area contributed by atoms with Gasteiger partial charge in [-0.3, -0.25) is 9.59 Å². The Balaban J connectivity index is 1.71. The zero-order valence-corrected chi connectivity index (χ0v) is 19.7. The average Bonchev–Trinajstić information content (AvgIpc) is 3.03. The molecule has 0 fully saturated rings. The van der Waals surface area contributed by atoms with E-state index in [-0.39, 0.29) is 11.8 Å². The summed E-state index contributed by atoms with van der Waals surface area (Å²) >= 11 is 0. The molecule has 1 heterocycles. The van der Waals surface area contributed by atoms with Crippen LogP contribution in [0.25, 0.3) is 0 Å². The van der Waals surface area contributed by atoms with Crippen LogP contribution in [0.3, 0.4) is 0 Å². The van der Waals surface area contributed by atoms with Gasteiger partial charge in [-0.2, -0.15) is 0 Å². The van der Waals surface area contributed by atoms with Gasteiger partial charge in [-0.15, -0.1) is 0 Å². The second-order valence-electron chi connectivity index (χ2n) is 8.61. The van der Waals surface area contributed by atoms with Gasteiger partial charge in [0.05, 0.1) is 13.2 Å². The number of nitrogens with one attached hydrogen (secondary N) is 1. The zero-order valence-electron chi connectivity index (χ0n) is 19.7. The number of ether oxygens (including phenoxy) is 1. The lowest BCUT2D eigenvalue weighted by molar-refractivity contribution is -0.126. The lowest BCUT2D eigenvalue weighted by atomic mass is 10.0. The van der Waals surface area contributed by atoms with Crippen LogP contribution in [0.5, 0.6) is 5.75 Å². The van der Waals surface area contributed by atoms with Gasteiger partial charge in [-0.05, 0) is 48.6 Å². The Hall–Kier alpha value is -2.82. The molecule has 1 atom stereocenters. The number of nitrogens with zero attached hydrogens (tertiary/aromatic N) is 1. The van der Waals surface area contributed by atoms with Crippen molar-refractivity contribution in [3.05, 3.63) is 59.2 Å². The van der Waals surface area contributed by atoms with Crippen LogP contribution >= 0.6 is 0 Å². The van der Waals surface area contributed by atoms with E-state index < -0.39 is 6.04 Å². The largest absolute Gasteiger partial charge is 0.494 e. The summed E-state index contributed by atoms with van der Waals surface area (Å²) in [5, 5.41) is 2.84. The van der Waals surface area contributed by atoms with Crippen LogP contribution in [-0.2, 0) is 22.6 Å². The predicted octanol–water partition coefficient (Wildman–Crippen LogP) is 5.71. The maximum atomic E-state index is 13.2. The normalized spacial score (nSPS) is 15.0. The summed E-state index contributed by atoms with van der Waals surface area (Å²) in [4.78, 5) is 26.7. The number of unbranched alkanes of at least 4 members (excludes halogenated alkanes) is 4. The molecule has 0 aromatic heterocycles. The number of aryl methyl sites for hydroxylation is 1. The second kappa shape index (κ2) is 11.7. The highest BCUT2D eigenvalue weighted by Crippen LogP contribution is 2.38. The highest BCUT2D eigenvalue weighted by molar-refractivity contribution is 6.06. The number of amides is 2. The highest BCUT2D eigenvalue weighted by atomic mass is 16.5. The Morgan fingerprint density at radius 1 is 0.969 bits per heavy atom. The van der Waals surface area contributed by atoms with E-state index in [4.69, 9.17) is 4.74 Å². The van der Waals surface area contributed by atoms with Gasteiger partial charge in [0.15, 0.2) is 0 Å². The molecule has 0 bridgehead atoms. The topological polar surface area (TPSA) is 58.6 Å². The molecule has 2 amide bonds. The molecule has 32 heavy (non-hydrogen) atoms. The van der Waals surface area contributed by atoms with Crippen molar-refractivity contribution in [3.8, 4) is 5.75 Å². The van der Waals surface area contributed by atoms with Gasteiger partial charge in [-0.25, -0.2) is 0 Å².